The third-order valence-electron chi connectivity index (χ3n) is 9.37. The number of imidazole rings is 1. The van der Waals surface area contributed by atoms with E-state index in [0.717, 1.165) is 16.5 Å². The van der Waals surface area contributed by atoms with Gasteiger partial charge in [0.15, 0.2) is 23.8 Å². The molecule has 26 nitrogen and oxygen atoms in total. The second-order valence-corrected chi connectivity index (χ2v) is 16.4. The maximum Gasteiger partial charge on any atom is 0.472 e. The number of aliphatic hydroxyl groups excluding tert-OH is 1. The first-order valence-electron chi connectivity index (χ1n) is 18.5. The van der Waals surface area contributed by atoms with Crippen molar-refractivity contribution in [3.8, 4) is 0 Å². The van der Waals surface area contributed by atoms with Crippen LogP contribution in [0.25, 0.3) is 11.2 Å². The first kappa shape index (κ1) is 45.6. The zero-order valence-electron chi connectivity index (χ0n) is 32.0. The van der Waals surface area contributed by atoms with Gasteiger partial charge in [-0.05, 0) is 30.9 Å². The molecule has 2 aliphatic rings. The van der Waals surface area contributed by atoms with Crippen LogP contribution < -0.4 is 28.2 Å². The van der Waals surface area contributed by atoms with E-state index in [0.29, 0.717) is 12.8 Å². The number of unbranched alkanes of at least 4 members (excludes halogenated alkanes) is 1. The Labute approximate surface area is 345 Å². The summed E-state index contributed by atoms with van der Waals surface area (Å²) in [5, 5.41) is 14.1. The number of hydrogen-bond donors (Lipinski definition) is 8. The Morgan fingerprint density at radius 2 is 1.74 bits per heavy atom. The lowest BCUT2D eigenvalue weighted by atomic mass is 10.1. The standard InChI is InChI=1S/C33H44N10O16P2/c34-19(8-4-5-10-37-33(47)53-13-18-6-2-1-3-7-18)31(45)58-27-22(57-30(26(27)44)43-17-40-25-28(36)38-16-39-29(25)43)15-55-61(51,52)59-20-12-24(42-11-9-23(35)41-32(42)46)56-21(20)14-54-60(48,49)50/h1-3,6-7,9,11,16-17,19-22,24,26-27,30,44H,4-5,8,10,12-15,34H2,(H,37,47)(H,51,52)(H2,35,41,46)(H2,36,38,39)(H2,48,49,50)/t19?,20-,21+,22-,24+,26+,27+,30+/m0/s1. The number of aromatic nitrogens is 6. The summed E-state index contributed by atoms with van der Waals surface area (Å²) in [7, 11) is -10.2. The van der Waals surface area contributed by atoms with Crippen molar-refractivity contribution < 1.29 is 71.0 Å². The summed E-state index contributed by atoms with van der Waals surface area (Å²) in [6.07, 6.45) is -6.64. The molecule has 2 aliphatic heterocycles. The first-order valence-corrected chi connectivity index (χ1v) is 21.5. The number of nitrogen functional groups attached to an aromatic ring is 2. The molecule has 5 heterocycles. The molecule has 61 heavy (non-hydrogen) atoms. The Morgan fingerprint density at radius 1 is 0.984 bits per heavy atom. The van der Waals surface area contributed by atoms with Crippen molar-refractivity contribution in [3.05, 3.63) is 71.3 Å². The average Bonchev–Trinajstić information content (AvgIpc) is 3.90. The predicted molar refractivity (Wildman–Crippen MR) is 206 cm³/mol. The van der Waals surface area contributed by atoms with Gasteiger partial charge in [-0.2, -0.15) is 4.98 Å². The van der Waals surface area contributed by atoms with Crippen LogP contribution in [0, 0.1) is 0 Å². The quantitative estimate of drug-likeness (QED) is 0.0341. The fourth-order valence-corrected chi connectivity index (χ4v) is 7.70. The lowest BCUT2D eigenvalue weighted by Gasteiger charge is -2.24. The lowest BCUT2D eigenvalue weighted by Crippen LogP contribution is -2.43. The van der Waals surface area contributed by atoms with Crippen LogP contribution in [-0.4, -0.2) is 117 Å². The van der Waals surface area contributed by atoms with Crippen LogP contribution >= 0.6 is 15.6 Å². The highest BCUT2D eigenvalue weighted by Crippen LogP contribution is 2.50. The van der Waals surface area contributed by atoms with Crippen molar-refractivity contribution in [2.24, 2.45) is 5.73 Å². The Balaban J connectivity index is 1.09. The number of benzene rings is 1. The lowest BCUT2D eigenvalue weighted by molar-refractivity contribution is -0.158. The first-order chi connectivity index (χ1) is 29.0. The van der Waals surface area contributed by atoms with E-state index in [1.54, 1.807) is 0 Å². The predicted octanol–water partition coefficient (Wildman–Crippen LogP) is -0.259. The zero-order valence-corrected chi connectivity index (χ0v) is 33.8. The number of alkyl carbamates (subject to hydrolysis) is 1. The Bertz CT molecular complexity index is 2300. The molecule has 11 N–H and O–H groups in total. The molecule has 1 aromatic carbocycles. The number of amides is 1. The summed E-state index contributed by atoms with van der Waals surface area (Å²) < 4.78 is 64.8. The van der Waals surface area contributed by atoms with Crippen LogP contribution in [0.5, 0.6) is 0 Å². The molecule has 0 aliphatic carbocycles. The molecule has 6 rings (SSSR count). The number of carbonyl (C=O) groups is 2. The number of rotatable bonds is 19. The van der Waals surface area contributed by atoms with E-state index in [1.807, 2.05) is 30.3 Å². The number of phosphoric acid groups is 2. The van der Waals surface area contributed by atoms with Gasteiger partial charge in [0, 0.05) is 19.2 Å². The minimum absolute atomic E-state index is 0.0166. The van der Waals surface area contributed by atoms with Crippen LogP contribution in [-0.2, 0) is 53.1 Å². The second kappa shape index (κ2) is 19.8. The number of esters is 1. The number of nitrogens with one attached hydrogen (secondary N) is 1. The second-order valence-electron chi connectivity index (χ2n) is 13.7. The van der Waals surface area contributed by atoms with Crippen molar-refractivity contribution in [1.82, 2.24) is 34.4 Å². The molecule has 28 heteroatoms. The molecule has 0 bridgehead atoms. The maximum absolute atomic E-state index is 13.4. The molecule has 0 saturated carbocycles. The number of phosphoric ester groups is 2. The molecule has 4 aromatic rings. The Morgan fingerprint density at radius 3 is 2.48 bits per heavy atom. The topological polar surface area (TPSA) is 382 Å². The number of aliphatic hydroxyl groups is 1. The summed E-state index contributed by atoms with van der Waals surface area (Å²) >= 11 is 0. The van der Waals surface area contributed by atoms with E-state index in [-0.39, 0.29) is 48.8 Å². The van der Waals surface area contributed by atoms with Gasteiger partial charge in [0.05, 0.1) is 19.5 Å². The third-order valence-corrected chi connectivity index (χ3v) is 10.9. The number of carbonyl (C=O) groups excluding carboxylic acids is 2. The van der Waals surface area contributed by atoms with Crippen LogP contribution in [0.15, 0.2) is 60.0 Å². The van der Waals surface area contributed by atoms with E-state index in [9.17, 15) is 43.3 Å². The molecule has 9 atom stereocenters. The molecule has 1 amide bonds. The summed E-state index contributed by atoms with van der Waals surface area (Å²) in [5.74, 6) is -1.05. The number of fused-ring (bicyclic) bond motifs is 1. The van der Waals surface area contributed by atoms with Crippen molar-refractivity contribution in [1.29, 1.82) is 0 Å². The average molecular weight is 899 g/mol. The van der Waals surface area contributed by atoms with E-state index in [4.69, 9.17) is 45.2 Å². The van der Waals surface area contributed by atoms with Crippen LogP contribution in [0.4, 0.5) is 16.4 Å². The summed E-state index contributed by atoms with van der Waals surface area (Å²) in [6.45, 7) is -1.38. The zero-order chi connectivity index (χ0) is 43.9. The molecule has 0 spiro atoms. The van der Waals surface area contributed by atoms with Crippen LogP contribution in [0.3, 0.4) is 0 Å². The number of nitrogens with zero attached hydrogens (tertiary/aromatic N) is 6. The smallest absolute Gasteiger partial charge is 0.455 e. The van der Waals surface area contributed by atoms with Crippen molar-refractivity contribution >= 4 is 50.5 Å². The van der Waals surface area contributed by atoms with Gasteiger partial charge < -0.3 is 61.3 Å². The van der Waals surface area contributed by atoms with Gasteiger partial charge in [-0.15, -0.1) is 0 Å². The highest BCUT2D eigenvalue weighted by atomic mass is 31.2. The highest BCUT2D eigenvalue weighted by molar-refractivity contribution is 7.47. The van der Waals surface area contributed by atoms with Crippen LogP contribution in [0.2, 0.25) is 0 Å². The van der Waals surface area contributed by atoms with Crippen molar-refractivity contribution in [2.45, 2.75) is 81.3 Å². The molecule has 3 aromatic heterocycles. The molecule has 2 unspecified atom stereocenters. The van der Waals surface area contributed by atoms with E-state index < -0.39 is 95.6 Å². The fourth-order valence-electron chi connectivity index (χ4n) is 6.40. The number of anilines is 2. The molecular weight excluding hydrogens is 854 g/mol. The third kappa shape index (κ3) is 12.1. The van der Waals surface area contributed by atoms with Crippen LogP contribution in [0.1, 0.15) is 43.7 Å². The van der Waals surface area contributed by atoms with Gasteiger partial charge in [0.25, 0.3) is 0 Å². The van der Waals surface area contributed by atoms with Gasteiger partial charge in [0.1, 0.15) is 61.0 Å². The normalized spacial score (nSPS) is 24.3. The van der Waals surface area contributed by atoms with Gasteiger partial charge in [-0.25, -0.2) is 33.7 Å². The molecular formula is C33H44N10O16P2. The minimum Gasteiger partial charge on any atom is -0.455 e. The monoisotopic (exact) mass is 898 g/mol. The summed E-state index contributed by atoms with van der Waals surface area (Å²) in [6, 6.07) is 9.18. The SMILES string of the molecule is Nc1ccn([C@H]2C[C@H](OP(=O)(O)OC[C@@H]3O[C@@H](n4cnc5c(N)ncnc54)[C@H](O)[C@@H]3OC(=O)C(N)CCCCNC(=O)OCc3ccccc3)[C@@H](COP(=O)(O)O)O2)c(=O)n1. The number of nitrogens with two attached hydrogens (primary N) is 3. The van der Waals surface area contributed by atoms with Crippen molar-refractivity contribution in [2.75, 3.05) is 31.2 Å². The Hall–Kier alpha value is -4.95. The highest BCUT2D eigenvalue weighted by Gasteiger charge is 2.50. The summed E-state index contributed by atoms with van der Waals surface area (Å²) in [4.78, 5) is 83.0. The van der Waals surface area contributed by atoms with Gasteiger partial charge in [0.2, 0.25) is 0 Å². The minimum atomic E-state index is -5.18. The largest absolute Gasteiger partial charge is 0.472 e. The Kier molecular flexibility index (Phi) is 14.8. The molecule has 332 valence electrons. The fraction of sp³-hybridized carbons (Fsp3) is 0.485. The molecule has 0 radical (unpaired) electrons. The maximum atomic E-state index is 13.4. The van der Waals surface area contributed by atoms with Gasteiger partial charge >= 0.3 is 33.4 Å². The summed E-state index contributed by atoms with van der Waals surface area (Å²) in [5.41, 5.74) is 17.9. The molecule has 2 fully saturated rings. The van der Waals surface area contributed by atoms with E-state index in [1.165, 1.54) is 23.2 Å². The number of ether oxygens (including phenoxy) is 4. The van der Waals surface area contributed by atoms with Gasteiger partial charge in [-0.3, -0.25) is 27.5 Å². The van der Waals surface area contributed by atoms with E-state index >= 15 is 0 Å². The van der Waals surface area contributed by atoms with Gasteiger partial charge in [-0.1, -0.05) is 30.3 Å². The van der Waals surface area contributed by atoms with Crippen molar-refractivity contribution in [3.63, 3.8) is 0 Å². The number of hydrogen-bond acceptors (Lipinski definition) is 20. The van der Waals surface area contributed by atoms with E-state index in [2.05, 4.69) is 29.8 Å². The molecule has 2 saturated heterocycles.